The number of aromatic amines is 1. The Bertz CT molecular complexity index is 1470. The van der Waals surface area contributed by atoms with Gasteiger partial charge < -0.3 is 10.2 Å². The Hall–Kier alpha value is -4.31. The van der Waals surface area contributed by atoms with Crippen LogP contribution in [0.15, 0.2) is 67.1 Å². The minimum absolute atomic E-state index is 0.179. The third-order valence-electron chi connectivity index (χ3n) is 6.52. The highest BCUT2D eigenvalue weighted by Gasteiger charge is 2.19. The number of hydrogen-bond acceptors (Lipinski definition) is 6. The van der Waals surface area contributed by atoms with E-state index >= 15 is 0 Å². The average molecular weight is 468 g/mol. The number of carbonyl (C=O) groups excluding carboxylic acids is 1. The van der Waals surface area contributed by atoms with E-state index in [1.165, 1.54) is 0 Å². The van der Waals surface area contributed by atoms with Crippen LogP contribution in [0.4, 0.5) is 5.69 Å². The molecule has 3 aromatic heterocycles. The fourth-order valence-electron chi connectivity index (χ4n) is 4.49. The van der Waals surface area contributed by atoms with Gasteiger partial charge in [0.15, 0.2) is 0 Å². The number of aromatic nitrogens is 7. The van der Waals surface area contributed by atoms with Crippen molar-refractivity contribution >= 4 is 22.5 Å². The molecule has 1 aliphatic rings. The summed E-state index contributed by atoms with van der Waals surface area (Å²) in [5.41, 5.74) is 4.43. The van der Waals surface area contributed by atoms with Crippen LogP contribution in [-0.4, -0.2) is 65.9 Å². The number of amides is 1. The number of hydrogen-bond donors (Lipinski definition) is 2. The highest BCUT2D eigenvalue weighted by Crippen LogP contribution is 2.25. The maximum Gasteiger partial charge on any atom is 0.255 e. The maximum absolute atomic E-state index is 12.8. The van der Waals surface area contributed by atoms with Crippen molar-refractivity contribution in [3.63, 3.8) is 0 Å². The second-order valence-corrected chi connectivity index (χ2v) is 8.91. The summed E-state index contributed by atoms with van der Waals surface area (Å²) in [5, 5.41) is 24.3. The second-order valence-electron chi connectivity index (χ2n) is 8.91. The number of H-pyrrole nitrogens is 1. The maximum atomic E-state index is 12.8. The highest BCUT2D eigenvalue weighted by atomic mass is 16.1. The van der Waals surface area contributed by atoms with Gasteiger partial charge in [0.2, 0.25) is 0 Å². The minimum atomic E-state index is -0.179. The van der Waals surface area contributed by atoms with Crippen LogP contribution in [0.1, 0.15) is 29.2 Å². The Balaban J connectivity index is 1.14. The standard InChI is InChI=1S/C25H25N9O/c1-32-12-10-20(11-13-32)33-15-18(14-26-33)27-25(35)17-6-8-19(9-7-17)34-16-23(29-31-34)24-21-4-2-3-5-22(21)28-30-24/h2-9,14-16,20H,10-13H2,1H3,(H,27,35)(H,28,30). The summed E-state index contributed by atoms with van der Waals surface area (Å²) in [6.07, 6.45) is 7.58. The molecule has 2 aromatic carbocycles. The first-order valence-corrected chi connectivity index (χ1v) is 11.6. The van der Waals surface area contributed by atoms with Crippen molar-refractivity contribution in [2.75, 3.05) is 25.5 Å². The summed E-state index contributed by atoms with van der Waals surface area (Å²) >= 11 is 0. The lowest BCUT2D eigenvalue weighted by molar-refractivity contribution is 0.102. The number of para-hydroxylation sites is 1. The van der Waals surface area contributed by atoms with Gasteiger partial charge >= 0.3 is 0 Å². The summed E-state index contributed by atoms with van der Waals surface area (Å²) in [5.74, 6) is -0.179. The SMILES string of the molecule is CN1CCC(n2cc(NC(=O)c3ccc(-n4cc(-c5n[nH]c6ccccc56)nn4)cc3)cn2)CC1. The van der Waals surface area contributed by atoms with Crippen LogP contribution >= 0.6 is 0 Å². The first-order valence-electron chi connectivity index (χ1n) is 11.6. The minimum Gasteiger partial charge on any atom is -0.319 e. The molecule has 35 heavy (non-hydrogen) atoms. The molecule has 1 fully saturated rings. The lowest BCUT2D eigenvalue weighted by atomic mass is 10.1. The van der Waals surface area contributed by atoms with Gasteiger partial charge in [0, 0.05) is 17.1 Å². The molecule has 0 spiro atoms. The summed E-state index contributed by atoms with van der Waals surface area (Å²) in [4.78, 5) is 15.1. The van der Waals surface area contributed by atoms with Gasteiger partial charge in [0.25, 0.3) is 5.91 Å². The van der Waals surface area contributed by atoms with Gasteiger partial charge in [-0.2, -0.15) is 10.2 Å². The van der Waals surface area contributed by atoms with E-state index in [2.05, 4.69) is 42.9 Å². The van der Waals surface area contributed by atoms with Crippen molar-refractivity contribution in [3.8, 4) is 17.1 Å². The molecular formula is C25H25N9O. The van der Waals surface area contributed by atoms with E-state index in [0.29, 0.717) is 23.0 Å². The monoisotopic (exact) mass is 467 g/mol. The molecule has 1 saturated heterocycles. The Morgan fingerprint density at radius 3 is 2.69 bits per heavy atom. The number of rotatable bonds is 5. The molecule has 10 heteroatoms. The lowest BCUT2D eigenvalue weighted by Gasteiger charge is -2.28. The van der Waals surface area contributed by atoms with E-state index in [-0.39, 0.29) is 5.91 Å². The molecule has 1 amide bonds. The molecule has 0 aliphatic carbocycles. The quantitative estimate of drug-likeness (QED) is 0.409. The van der Waals surface area contributed by atoms with Gasteiger partial charge in [-0.25, -0.2) is 4.68 Å². The topological polar surface area (TPSA) is 110 Å². The molecule has 6 rings (SSSR count). The summed E-state index contributed by atoms with van der Waals surface area (Å²) in [6.45, 7) is 2.12. The third kappa shape index (κ3) is 4.19. The van der Waals surface area contributed by atoms with Gasteiger partial charge in [-0.05, 0) is 63.3 Å². The Morgan fingerprint density at radius 2 is 1.86 bits per heavy atom. The van der Waals surface area contributed by atoms with Crippen molar-refractivity contribution in [2.24, 2.45) is 0 Å². The predicted molar refractivity (Wildman–Crippen MR) is 132 cm³/mol. The van der Waals surface area contributed by atoms with E-state index in [1.54, 1.807) is 23.0 Å². The molecule has 4 heterocycles. The number of nitrogens with one attached hydrogen (secondary N) is 2. The first kappa shape index (κ1) is 21.2. The molecule has 2 N–H and O–H groups in total. The van der Waals surface area contributed by atoms with E-state index in [1.807, 2.05) is 53.5 Å². The molecule has 10 nitrogen and oxygen atoms in total. The highest BCUT2D eigenvalue weighted by molar-refractivity contribution is 6.04. The van der Waals surface area contributed by atoms with Crippen molar-refractivity contribution in [2.45, 2.75) is 18.9 Å². The number of benzene rings is 2. The van der Waals surface area contributed by atoms with E-state index in [9.17, 15) is 4.79 Å². The van der Waals surface area contributed by atoms with Crippen molar-refractivity contribution in [3.05, 3.63) is 72.7 Å². The van der Waals surface area contributed by atoms with Crippen LogP contribution in [0.25, 0.3) is 28.0 Å². The summed E-state index contributed by atoms with van der Waals surface area (Å²) in [7, 11) is 2.14. The van der Waals surface area contributed by atoms with Crippen LogP contribution in [0.2, 0.25) is 0 Å². The molecule has 0 unspecified atom stereocenters. The molecular weight excluding hydrogens is 442 g/mol. The van der Waals surface area contributed by atoms with Gasteiger partial charge in [-0.1, -0.05) is 23.4 Å². The van der Waals surface area contributed by atoms with Gasteiger partial charge in [-0.15, -0.1) is 5.10 Å². The first-order chi connectivity index (χ1) is 17.1. The number of carbonyl (C=O) groups is 1. The molecule has 176 valence electrons. The Morgan fingerprint density at radius 1 is 1.06 bits per heavy atom. The zero-order valence-electron chi connectivity index (χ0n) is 19.3. The molecule has 0 atom stereocenters. The predicted octanol–water partition coefficient (Wildman–Crippen LogP) is 3.53. The van der Waals surface area contributed by atoms with Crippen molar-refractivity contribution < 1.29 is 4.79 Å². The second kappa shape index (κ2) is 8.80. The van der Waals surface area contributed by atoms with Crippen molar-refractivity contribution in [1.82, 2.24) is 39.9 Å². The van der Waals surface area contributed by atoms with E-state index in [4.69, 9.17) is 0 Å². The average Bonchev–Trinajstić information content (AvgIpc) is 3.64. The Kier molecular flexibility index (Phi) is 5.34. The normalized spacial score (nSPS) is 15.0. The number of likely N-dealkylation sites (tertiary alicyclic amines) is 1. The van der Waals surface area contributed by atoms with Gasteiger partial charge in [0.1, 0.15) is 11.4 Å². The largest absolute Gasteiger partial charge is 0.319 e. The van der Waals surface area contributed by atoms with Crippen LogP contribution < -0.4 is 5.32 Å². The number of fused-ring (bicyclic) bond motifs is 1. The van der Waals surface area contributed by atoms with E-state index < -0.39 is 0 Å². The third-order valence-corrected chi connectivity index (χ3v) is 6.52. The summed E-state index contributed by atoms with van der Waals surface area (Å²) in [6, 6.07) is 15.5. The van der Waals surface area contributed by atoms with Crippen molar-refractivity contribution in [1.29, 1.82) is 0 Å². The Labute approximate surface area is 201 Å². The smallest absolute Gasteiger partial charge is 0.255 e. The zero-order valence-corrected chi connectivity index (χ0v) is 19.3. The fraction of sp³-hybridized carbons (Fsp3) is 0.240. The molecule has 5 aromatic rings. The fourth-order valence-corrected chi connectivity index (χ4v) is 4.49. The number of anilines is 1. The zero-order chi connectivity index (χ0) is 23.8. The molecule has 0 saturated carbocycles. The molecule has 1 aliphatic heterocycles. The molecule has 0 bridgehead atoms. The van der Waals surface area contributed by atoms with Crippen LogP contribution in [0.3, 0.4) is 0 Å². The van der Waals surface area contributed by atoms with E-state index in [0.717, 1.165) is 48.2 Å². The number of nitrogens with zero attached hydrogens (tertiary/aromatic N) is 7. The van der Waals surface area contributed by atoms with Gasteiger partial charge in [0.05, 0.1) is 35.3 Å². The van der Waals surface area contributed by atoms with Crippen LogP contribution in [0, 0.1) is 0 Å². The summed E-state index contributed by atoms with van der Waals surface area (Å²) < 4.78 is 3.64. The van der Waals surface area contributed by atoms with Crippen LogP contribution in [0.5, 0.6) is 0 Å². The molecule has 0 radical (unpaired) electrons. The lowest BCUT2D eigenvalue weighted by Crippen LogP contribution is -2.31. The van der Waals surface area contributed by atoms with Crippen LogP contribution in [-0.2, 0) is 0 Å². The number of piperidine rings is 1. The van der Waals surface area contributed by atoms with Gasteiger partial charge in [-0.3, -0.25) is 14.6 Å².